The van der Waals surface area contributed by atoms with Gasteiger partial charge >= 0.3 is 5.97 Å². The van der Waals surface area contributed by atoms with Gasteiger partial charge in [0.05, 0.1) is 13.0 Å². The van der Waals surface area contributed by atoms with Crippen molar-refractivity contribution in [2.75, 3.05) is 26.8 Å². The predicted molar refractivity (Wildman–Crippen MR) is 77.6 cm³/mol. The van der Waals surface area contributed by atoms with Gasteiger partial charge in [-0.05, 0) is 30.9 Å². The molecule has 1 heterocycles. The molecule has 0 bridgehead atoms. The molecule has 1 aromatic rings. The number of methoxy groups -OCH3 is 1. The number of carbonyl (C=O) groups is 1. The lowest BCUT2D eigenvalue weighted by Crippen LogP contribution is -2.40. The summed E-state index contributed by atoms with van der Waals surface area (Å²) in [7, 11) is 1.73. The van der Waals surface area contributed by atoms with Crippen LogP contribution in [-0.2, 0) is 9.53 Å². The van der Waals surface area contributed by atoms with E-state index in [0.717, 1.165) is 31.7 Å². The van der Waals surface area contributed by atoms with Gasteiger partial charge in [0.1, 0.15) is 0 Å². The number of likely N-dealkylation sites (tertiary alicyclic amines) is 1. The fourth-order valence-corrected chi connectivity index (χ4v) is 3.05. The smallest absolute Gasteiger partial charge is 0.305 e. The lowest BCUT2D eigenvalue weighted by Gasteiger charge is -2.37. The lowest BCUT2D eigenvalue weighted by atomic mass is 9.94. The molecule has 1 N–H and O–H groups in total. The number of carboxylic acids is 1. The lowest BCUT2D eigenvalue weighted by molar-refractivity contribution is -0.138. The van der Waals surface area contributed by atoms with E-state index in [-0.39, 0.29) is 12.5 Å². The van der Waals surface area contributed by atoms with Gasteiger partial charge in [0, 0.05) is 19.7 Å². The van der Waals surface area contributed by atoms with Crippen molar-refractivity contribution < 1.29 is 14.6 Å². The van der Waals surface area contributed by atoms with Crippen LogP contribution < -0.4 is 0 Å². The molecule has 4 nitrogen and oxygen atoms in total. The highest BCUT2D eigenvalue weighted by Crippen LogP contribution is 2.29. The minimum atomic E-state index is -0.743. The maximum atomic E-state index is 11.2. The van der Waals surface area contributed by atoms with E-state index in [0.29, 0.717) is 5.92 Å². The maximum Gasteiger partial charge on any atom is 0.305 e. The summed E-state index contributed by atoms with van der Waals surface area (Å²) in [6.07, 6.45) is 2.43. The fourth-order valence-electron chi connectivity index (χ4n) is 3.05. The molecule has 110 valence electrons. The number of benzene rings is 1. The molecule has 2 unspecified atom stereocenters. The van der Waals surface area contributed by atoms with Crippen LogP contribution >= 0.6 is 0 Å². The second-order valence-electron chi connectivity index (χ2n) is 5.48. The molecular formula is C16H23NO3. The van der Waals surface area contributed by atoms with Crippen LogP contribution in [0.25, 0.3) is 0 Å². The Kier molecular flexibility index (Phi) is 5.56. The highest BCUT2D eigenvalue weighted by atomic mass is 16.5. The van der Waals surface area contributed by atoms with Gasteiger partial charge in [0.25, 0.3) is 0 Å². The van der Waals surface area contributed by atoms with Crippen LogP contribution in [0.5, 0.6) is 0 Å². The second-order valence-corrected chi connectivity index (χ2v) is 5.48. The van der Waals surface area contributed by atoms with Crippen molar-refractivity contribution >= 4 is 5.97 Å². The summed E-state index contributed by atoms with van der Waals surface area (Å²) in [6, 6.07) is 9.92. The largest absolute Gasteiger partial charge is 0.481 e. The van der Waals surface area contributed by atoms with Gasteiger partial charge in [-0.1, -0.05) is 30.3 Å². The highest BCUT2D eigenvalue weighted by Gasteiger charge is 2.28. The summed E-state index contributed by atoms with van der Waals surface area (Å²) in [6.45, 7) is 2.64. The van der Waals surface area contributed by atoms with Gasteiger partial charge in [0.15, 0.2) is 0 Å². The first-order valence-corrected chi connectivity index (χ1v) is 7.20. The molecule has 0 radical (unpaired) electrons. The Bertz CT molecular complexity index is 419. The van der Waals surface area contributed by atoms with Gasteiger partial charge < -0.3 is 9.84 Å². The van der Waals surface area contributed by atoms with Crippen molar-refractivity contribution in [3.05, 3.63) is 35.9 Å². The molecule has 1 aromatic carbocycles. The van der Waals surface area contributed by atoms with Crippen LogP contribution in [0.1, 0.15) is 30.9 Å². The molecule has 20 heavy (non-hydrogen) atoms. The van der Waals surface area contributed by atoms with Crippen molar-refractivity contribution in [3.63, 3.8) is 0 Å². The van der Waals surface area contributed by atoms with Crippen LogP contribution in [0, 0.1) is 5.92 Å². The van der Waals surface area contributed by atoms with E-state index in [2.05, 4.69) is 4.90 Å². The topological polar surface area (TPSA) is 49.8 Å². The van der Waals surface area contributed by atoms with E-state index in [1.807, 2.05) is 30.3 Å². The number of piperidine rings is 1. The van der Waals surface area contributed by atoms with Gasteiger partial charge in [-0.15, -0.1) is 0 Å². The van der Waals surface area contributed by atoms with Crippen LogP contribution in [0.4, 0.5) is 0 Å². The average Bonchev–Trinajstić information content (AvgIpc) is 2.46. The fraction of sp³-hybridized carbons (Fsp3) is 0.562. The molecule has 1 fully saturated rings. The van der Waals surface area contributed by atoms with Crippen molar-refractivity contribution in [2.24, 2.45) is 5.92 Å². The second kappa shape index (κ2) is 7.41. The molecule has 1 aliphatic rings. The van der Waals surface area contributed by atoms with Crippen molar-refractivity contribution in [1.82, 2.24) is 4.90 Å². The monoisotopic (exact) mass is 277 g/mol. The van der Waals surface area contributed by atoms with E-state index in [4.69, 9.17) is 4.74 Å². The van der Waals surface area contributed by atoms with Crippen LogP contribution in [0.3, 0.4) is 0 Å². The first-order valence-electron chi connectivity index (χ1n) is 7.20. The Morgan fingerprint density at radius 3 is 2.85 bits per heavy atom. The van der Waals surface area contributed by atoms with Crippen molar-refractivity contribution in [3.8, 4) is 0 Å². The van der Waals surface area contributed by atoms with Crippen LogP contribution in [-0.4, -0.2) is 42.8 Å². The van der Waals surface area contributed by atoms with Gasteiger partial charge in [0.2, 0.25) is 0 Å². The Morgan fingerprint density at radius 2 is 2.20 bits per heavy atom. The van der Waals surface area contributed by atoms with E-state index in [1.165, 1.54) is 6.42 Å². The third-order valence-electron chi connectivity index (χ3n) is 3.95. The zero-order valence-corrected chi connectivity index (χ0v) is 12.0. The molecule has 0 spiro atoms. The van der Waals surface area contributed by atoms with Crippen molar-refractivity contribution in [2.45, 2.75) is 25.3 Å². The minimum absolute atomic E-state index is 0.0339. The number of ether oxygens (including phenoxy) is 1. The molecule has 2 rings (SSSR count). The maximum absolute atomic E-state index is 11.2. The number of carboxylic acid groups (broad SMARTS) is 1. The Balaban J connectivity index is 2.12. The number of nitrogens with zero attached hydrogens (tertiary/aromatic N) is 1. The molecule has 0 saturated carbocycles. The third kappa shape index (κ3) is 4.05. The zero-order valence-electron chi connectivity index (χ0n) is 12.0. The molecular weight excluding hydrogens is 254 g/mol. The third-order valence-corrected chi connectivity index (χ3v) is 3.95. The van der Waals surface area contributed by atoms with Crippen molar-refractivity contribution in [1.29, 1.82) is 0 Å². The zero-order chi connectivity index (χ0) is 14.4. The normalized spacial score (nSPS) is 21.6. The summed E-state index contributed by atoms with van der Waals surface area (Å²) in [5.41, 5.74) is 1.09. The SMILES string of the molecule is COCC1CCCN(C(CC(=O)O)c2ccccc2)C1. The molecule has 1 aliphatic heterocycles. The molecule has 4 heteroatoms. The van der Waals surface area contributed by atoms with E-state index in [1.54, 1.807) is 7.11 Å². The first-order chi connectivity index (χ1) is 9.70. The number of rotatable bonds is 6. The summed E-state index contributed by atoms with van der Waals surface area (Å²) < 4.78 is 5.25. The van der Waals surface area contributed by atoms with Gasteiger partial charge in [-0.3, -0.25) is 9.69 Å². The molecule has 0 aliphatic carbocycles. The van der Waals surface area contributed by atoms with Gasteiger partial charge in [-0.2, -0.15) is 0 Å². The first kappa shape index (κ1) is 15.0. The highest BCUT2D eigenvalue weighted by molar-refractivity contribution is 5.68. The van der Waals surface area contributed by atoms with E-state index < -0.39 is 5.97 Å². The quantitative estimate of drug-likeness (QED) is 0.868. The summed E-state index contributed by atoms with van der Waals surface area (Å²) in [5.74, 6) is -0.235. The molecule has 2 atom stereocenters. The number of hydrogen-bond donors (Lipinski definition) is 1. The predicted octanol–water partition coefficient (Wildman–Crippen LogP) is 2.56. The van der Waals surface area contributed by atoms with Crippen LogP contribution in [0.2, 0.25) is 0 Å². The Hall–Kier alpha value is -1.39. The molecule has 1 saturated heterocycles. The average molecular weight is 277 g/mol. The standard InChI is InChI=1S/C16H23NO3/c1-20-12-13-6-5-9-17(11-13)15(10-16(18)19)14-7-3-2-4-8-14/h2-4,7-8,13,15H,5-6,9-12H2,1H3,(H,18,19). The minimum Gasteiger partial charge on any atom is -0.481 e. The summed E-state index contributed by atoms with van der Waals surface area (Å²) in [4.78, 5) is 13.5. The molecule has 0 aromatic heterocycles. The number of hydrogen-bond acceptors (Lipinski definition) is 3. The van der Waals surface area contributed by atoms with E-state index in [9.17, 15) is 9.90 Å². The van der Waals surface area contributed by atoms with E-state index >= 15 is 0 Å². The van der Waals surface area contributed by atoms with Crippen LogP contribution in [0.15, 0.2) is 30.3 Å². The van der Waals surface area contributed by atoms with Gasteiger partial charge in [-0.25, -0.2) is 0 Å². The molecule has 0 amide bonds. The number of aliphatic carboxylic acids is 1. The Labute approximate surface area is 120 Å². The summed E-state index contributed by atoms with van der Waals surface area (Å²) >= 11 is 0. The summed E-state index contributed by atoms with van der Waals surface area (Å²) in [5, 5.41) is 9.19. The Morgan fingerprint density at radius 1 is 1.45 bits per heavy atom.